The molecule has 5 aliphatic carbocycles. The van der Waals surface area contributed by atoms with Crippen molar-refractivity contribution < 1.29 is 14.4 Å². The van der Waals surface area contributed by atoms with Crippen LogP contribution in [0.3, 0.4) is 0 Å². The van der Waals surface area contributed by atoms with Gasteiger partial charge in [0.05, 0.1) is 0 Å². The van der Waals surface area contributed by atoms with Crippen molar-refractivity contribution in [2.24, 2.45) is 34.4 Å². The minimum Gasteiger partial charge on any atom is -0.370 e. The summed E-state index contributed by atoms with van der Waals surface area (Å²) in [7, 11) is 0. The minimum atomic E-state index is -0.439. The Balaban J connectivity index is 0.000000180. The van der Waals surface area contributed by atoms with E-state index >= 15 is 0 Å². The highest BCUT2D eigenvalue weighted by molar-refractivity contribution is 8.15. The lowest BCUT2D eigenvalue weighted by molar-refractivity contribution is -0.129. The molecule has 5 saturated carbocycles. The zero-order chi connectivity index (χ0) is 22.2. The third-order valence-electron chi connectivity index (χ3n) is 7.59. The molecule has 1 heterocycles. The molecule has 0 spiro atoms. The maximum atomic E-state index is 11.8. The Labute approximate surface area is 189 Å². The summed E-state index contributed by atoms with van der Waals surface area (Å²) in [6, 6.07) is 0. The van der Waals surface area contributed by atoms with Gasteiger partial charge in [-0.05, 0) is 75.0 Å². The second-order valence-electron chi connectivity index (χ2n) is 10.3. The second-order valence-corrected chi connectivity index (χ2v) is 11.5. The van der Waals surface area contributed by atoms with Crippen molar-refractivity contribution in [1.29, 1.82) is 0 Å². The molecule has 0 aromatic carbocycles. The number of hydrogen-bond donors (Lipinski definition) is 2. The van der Waals surface area contributed by atoms with Gasteiger partial charge >= 0.3 is 0 Å². The van der Waals surface area contributed by atoms with Crippen molar-refractivity contribution in [3.8, 4) is 0 Å². The molecule has 1 aliphatic heterocycles. The molecule has 3 N–H and O–H groups in total. The van der Waals surface area contributed by atoms with Crippen molar-refractivity contribution in [1.82, 2.24) is 10.2 Å². The molecule has 172 valence electrons. The number of amides is 3. The Morgan fingerprint density at radius 1 is 1.23 bits per heavy atom. The van der Waals surface area contributed by atoms with Gasteiger partial charge in [-0.25, -0.2) is 0 Å². The lowest BCUT2D eigenvalue weighted by Crippen LogP contribution is -2.48. The number of carbonyl (C=O) groups is 3. The molecule has 8 heteroatoms. The lowest BCUT2D eigenvalue weighted by atomic mass is 9.80. The molecule has 6 rings (SSSR count). The quantitative estimate of drug-likeness (QED) is 0.623. The van der Waals surface area contributed by atoms with E-state index in [-0.39, 0.29) is 23.8 Å². The Morgan fingerprint density at radius 2 is 1.90 bits per heavy atom. The van der Waals surface area contributed by atoms with E-state index in [0.29, 0.717) is 0 Å². The van der Waals surface area contributed by atoms with Crippen molar-refractivity contribution in [3.05, 3.63) is 0 Å². The SMILES string of the molecule is CCCN(CC1CC1)C(C)=O.NC(=O)CC1SC(NC23CC4CC(CC2C4)C3)=NC1=O. The van der Waals surface area contributed by atoms with Crippen molar-refractivity contribution in [2.45, 2.75) is 82.4 Å². The fourth-order valence-electron chi connectivity index (χ4n) is 6.23. The van der Waals surface area contributed by atoms with Crippen LogP contribution in [0.25, 0.3) is 0 Å². The summed E-state index contributed by atoms with van der Waals surface area (Å²) >= 11 is 1.38. The van der Waals surface area contributed by atoms with E-state index in [1.165, 1.54) is 56.7 Å². The van der Waals surface area contributed by atoms with Crippen LogP contribution in [-0.2, 0) is 14.4 Å². The van der Waals surface area contributed by atoms with Gasteiger partial charge in [0, 0.05) is 32.0 Å². The first-order chi connectivity index (χ1) is 14.8. The van der Waals surface area contributed by atoms with Crippen molar-refractivity contribution in [3.63, 3.8) is 0 Å². The summed E-state index contributed by atoms with van der Waals surface area (Å²) in [5.74, 6) is 2.88. The largest absolute Gasteiger partial charge is 0.370 e. The number of carbonyl (C=O) groups excluding carboxylic acids is 3. The number of nitrogens with zero attached hydrogens (tertiary/aromatic N) is 2. The zero-order valence-electron chi connectivity index (χ0n) is 18.8. The molecule has 5 fully saturated rings. The monoisotopic (exact) mass is 448 g/mol. The van der Waals surface area contributed by atoms with E-state index in [1.54, 1.807) is 6.92 Å². The summed E-state index contributed by atoms with van der Waals surface area (Å²) in [4.78, 5) is 39.9. The third-order valence-corrected chi connectivity index (χ3v) is 8.66. The average molecular weight is 449 g/mol. The highest BCUT2D eigenvalue weighted by Crippen LogP contribution is 2.60. The number of amidine groups is 1. The highest BCUT2D eigenvalue weighted by Gasteiger charge is 2.58. The molecular formula is C23H36N4O3S. The van der Waals surface area contributed by atoms with E-state index in [1.807, 2.05) is 4.90 Å². The Bertz CT molecular complexity index is 752. The Morgan fingerprint density at radius 3 is 2.45 bits per heavy atom. The van der Waals surface area contributed by atoms with Crippen molar-refractivity contribution >= 4 is 34.7 Å². The van der Waals surface area contributed by atoms with E-state index in [0.717, 1.165) is 48.3 Å². The van der Waals surface area contributed by atoms with E-state index < -0.39 is 11.2 Å². The Hall–Kier alpha value is -1.57. The van der Waals surface area contributed by atoms with Gasteiger partial charge in [0.1, 0.15) is 5.25 Å². The first kappa shape index (κ1) is 22.6. The van der Waals surface area contributed by atoms with E-state index in [2.05, 4.69) is 17.2 Å². The summed E-state index contributed by atoms with van der Waals surface area (Å²) in [5.41, 5.74) is 5.36. The maximum Gasteiger partial charge on any atom is 0.262 e. The first-order valence-electron chi connectivity index (χ1n) is 11.9. The average Bonchev–Trinajstić information content (AvgIpc) is 3.33. The van der Waals surface area contributed by atoms with Gasteiger partial charge < -0.3 is 16.0 Å². The molecule has 3 unspecified atom stereocenters. The predicted molar refractivity (Wildman–Crippen MR) is 122 cm³/mol. The zero-order valence-corrected chi connectivity index (χ0v) is 19.6. The normalized spacial score (nSPS) is 34.9. The van der Waals surface area contributed by atoms with Gasteiger partial charge in [-0.15, -0.1) is 0 Å². The summed E-state index contributed by atoms with van der Waals surface area (Å²) in [6.45, 7) is 5.72. The number of aliphatic imine (C=N–C) groups is 1. The minimum absolute atomic E-state index is 0.0832. The molecule has 0 radical (unpaired) electrons. The number of hydrogen-bond acceptors (Lipinski definition) is 5. The van der Waals surface area contributed by atoms with Crippen LogP contribution in [0.1, 0.15) is 71.6 Å². The molecule has 7 nitrogen and oxygen atoms in total. The van der Waals surface area contributed by atoms with E-state index in [9.17, 15) is 14.4 Å². The molecule has 0 aromatic rings. The lowest BCUT2D eigenvalue weighted by Gasteiger charge is -2.34. The van der Waals surface area contributed by atoms with Gasteiger partial charge in [0.2, 0.25) is 11.8 Å². The number of nitrogens with two attached hydrogens (primary N) is 1. The van der Waals surface area contributed by atoms with E-state index in [4.69, 9.17) is 5.73 Å². The molecule has 3 amide bonds. The third kappa shape index (κ3) is 5.26. The van der Waals surface area contributed by atoms with Crippen LogP contribution >= 0.6 is 11.8 Å². The van der Waals surface area contributed by atoms with Crippen LogP contribution in [0.2, 0.25) is 0 Å². The van der Waals surface area contributed by atoms with Gasteiger partial charge in [-0.1, -0.05) is 18.7 Å². The van der Waals surface area contributed by atoms with Crippen LogP contribution < -0.4 is 11.1 Å². The smallest absolute Gasteiger partial charge is 0.262 e. The molecular weight excluding hydrogens is 412 g/mol. The summed E-state index contributed by atoms with van der Waals surface area (Å²) in [6.07, 6.45) is 10.3. The number of rotatable bonds is 7. The number of thioether (sulfide) groups is 1. The Kier molecular flexibility index (Phi) is 6.65. The molecule has 0 aromatic heterocycles. The molecule has 3 atom stereocenters. The fourth-order valence-corrected chi connectivity index (χ4v) is 7.30. The fraction of sp³-hybridized carbons (Fsp3) is 0.826. The molecule has 4 bridgehead atoms. The van der Waals surface area contributed by atoms with Gasteiger partial charge in [-0.2, -0.15) is 4.99 Å². The number of primary amides is 1. The summed E-state index contributed by atoms with van der Waals surface area (Å²) < 4.78 is 0. The van der Waals surface area contributed by atoms with Crippen LogP contribution in [-0.4, -0.2) is 51.7 Å². The predicted octanol–water partition coefficient (Wildman–Crippen LogP) is 2.68. The van der Waals surface area contributed by atoms with Crippen LogP contribution in [0, 0.1) is 23.7 Å². The van der Waals surface area contributed by atoms with Crippen LogP contribution in [0.4, 0.5) is 0 Å². The van der Waals surface area contributed by atoms with Gasteiger partial charge in [0.25, 0.3) is 5.91 Å². The first-order valence-corrected chi connectivity index (χ1v) is 12.8. The number of nitrogens with one attached hydrogen (secondary N) is 1. The van der Waals surface area contributed by atoms with Gasteiger partial charge in [0.15, 0.2) is 5.17 Å². The second kappa shape index (κ2) is 9.12. The standard InChI is InChI=1S/C14H19N3O2S.C9H17NO/c15-11(18)4-10-12(19)16-13(20-10)17-14-5-7-1-8(6-14)3-9(14)2-7;1-3-6-10(8(2)11)7-9-4-5-9/h7-10H,1-6H2,(H2,15,18)(H,16,17,19);9H,3-7H2,1-2H3. The molecule has 0 saturated heterocycles. The molecule has 6 aliphatic rings. The van der Waals surface area contributed by atoms with Crippen molar-refractivity contribution in [2.75, 3.05) is 13.1 Å². The van der Waals surface area contributed by atoms with Crippen LogP contribution in [0.15, 0.2) is 4.99 Å². The van der Waals surface area contributed by atoms with Crippen LogP contribution in [0.5, 0.6) is 0 Å². The molecule has 31 heavy (non-hydrogen) atoms. The summed E-state index contributed by atoms with van der Waals surface area (Å²) in [5, 5.41) is 3.89. The maximum absolute atomic E-state index is 11.8. The topological polar surface area (TPSA) is 105 Å². The van der Waals surface area contributed by atoms with Gasteiger partial charge in [-0.3, -0.25) is 14.4 Å². The highest BCUT2D eigenvalue weighted by atomic mass is 32.2.